The zero-order valence-electron chi connectivity index (χ0n) is 16.3. The van der Waals surface area contributed by atoms with E-state index in [1.165, 1.54) is 0 Å². The molecular weight excluding hydrogens is 402 g/mol. The van der Waals surface area contributed by atoms with Crippen LogP contribution >= 0.6 is 0 Å². The highest BCUT2D eigenvalue weighted by atomic mass is 19.1. The molecule has 4 rings (SSSR count). The van der Waals surface area contributed by atoms with Crippen LogP contribution in [0.5, 0.6) is 0 Å². The molecule has 0 radical (unpaired) electrons. The number of imidazole rings is 1. The summed E-state index contributed by atoms with van der Waals surface area (Å²) in [5.41, 5.74) is 3.11. The Morgan fingerprint density at radius 1 is 0.968 bits per heavy atom. The Bertz CT molecular complexity index is 1250. The van der Waals surface area contributed by atoms with E-state index in [9.17, 15) is 18.4 Å². The van der Waals surface area contributed by atoms with Gasteiger partial charge in [-0.15, -0.1) is 0 Å². The minimum Gasteiger partial charge on any atom is -0.351 e. The molecule has 0 aliphatic carbocycles. The van der Waals surface area contributed by atoms with Gasteiger partial charge in [-0.2, -0.15) is 0 Å². The summed E-state index contributed by atoms with van der Waals surface area (Å²) in [4.78, 5) is 28.4. The maximum Gasteiger partial charge on any atom is 0.254 e. The summed E-state index contributed by atoms with van der Waals surface area (Å²) in [5.74, 6) is -2.73. The number of fused-ring (bicyclic) bond motifs is 1. The topological polar surface area (TPSA) is 76.0 Å². The molecule has 4 aromatic rings. The van der Waals surface area contributed by atoms with Crippen molar-refractivity contribution >= 4 is 28.5 Å². The lowest BCUT2D eigenvalue weighted by Crippen LogP contribution is -2.28. The number of nitrogens with zero attached hydrogens (tertiary/aromatic N) is 2. The second-order valence-electron chi connectivity index (χ2n) is 6.83. The van der Waals surface area contributed by atoms with E-state index in [4.69, 9.17) is 0 Å². The predicted molar refractivity (Wildman–Crippen MR) is 113 cm³/mol. The van der Waals surface area contributed by atoms with E-state index >= 15 is 0 Å². The molecule has 0 atom stereocenters. The van der Waals surface area contributed by atoms with Gasteiger partial charge in [-0.3, -0.25) is 14.2 Å². The number of hydrogen-bond acceptors (Lipinski definition) is 3. The van der Waals surface area contributed by atoms with Crippen molar-refractivity contribution in [2.24, 2.45) is 0 Å². The molecular formula is C23H18F2N4O2. The third-order valence-electron chi connectivity index (χ3n) is 4.70. The van der Waals surface area contributed by atoms with Crippen LogP contribution in [-0.4, -0.2) is 27.9 Å². The highest BCUT2D eigenvalue weighted by Crippen LogP contribution is 2.19. The highest BCUT2D eigenvalue weighted by Gasteiger charge is 2.13. The van der Waals surface area contributed by atoms with E-state index in [2.05, 4.69) is 15.6 Å². The quantitative estimate of drug-likeness (QED) is 0.494. The monoisotopic (exact) mass is 420 g/mol. The van der Waals surface area contributed by atoms with E-state index < -0.39 is 17.5 Å². The van der Waals surface area contributed by atoms with Crippen LogP contribution in [0.3, 0.4) is 0 Å². The van der Waals surface area contributed by atoms with Crippen LogP contribution in [0.2, 0.25) is 0 Å². The van der Waals surface area contributed by atoms with E-state index in [0.717, 1.165) is 28.9 Å². The maximum absolute atomic E-state index is 13.6. The Morgan fingerprint density at radius 3 is 2.52 bits per heavy atom. The van der Waals surface area contributed by atoms with Crippen molar-refractivity contribution in [3.63, 3.8) is 0 Å². The first-order valence-electron chi connectivity index (χ1n) is 9.57. The smallest absolute Gasteiger partial charge is 0.254 e. The van der Waals surface area contributed by atoms with E-state index in [-0.39, 0.29) is 24.4 Å². The summed E-state index contributed by atoms with van der Waals surface area (Å²) in [6, 6.07) is 17.8. The molecule has 0 aliphatic heterocycles. The van der Waals surface area contributed by atoms with Crippen LogP contribution < -0.4 is 10.6 Å². The van der Waals surface area contributed by atoms with Crippen LogP contribution in [-0.2, 0) is 4.79 Å². The Labute approximate surface area is 176 Å². The third kappa shape index (κ3) is 4.58. The molecule has 8 heteroatoms. The molecule has 0 bridgehead atoms. The molecule has 0 spiro atoms. The van der Waals surface area contributed by atoms with Crippen molar-refractivity contribution < 1.29 is 18.4 Å². The highest BCUT2D eigenvalue weighted by molar-refractivity contribution is 5.95. The van der Waals surface area contributed by atoms with Crippen LogP contribution in [0.4, 0.5) is 14.5 Å². The standard InChI is InChI=1S/C23H18F2N4O2/c24-15-5-10-18(19(25)13-15)23(31)26-12-11-22(30)28-16-6-8-17(9-7-16)29-14-27-20-3-1-2-4-21(20)29/h1-10,13-14H,11-12H2,(H,26,31)(H,28,30). The van der Waals surface area contributed by atoms with Gasteiger partial charge in [0.05, 0.1) is 16.6 Å². The molecule has 0 aliphatic rings. The largest absolute Gasteiger partial charge is 0.351 e. The first kappa shape index (κ1) is 20.2. The second kappa shape index (κ2) is 8.74. The summed E-state index contributed by atoms with van der Waals surface area (Å²) in [5, 5.41) is 5.19. The van der Waals surface area contributed by atoms with Crippen molar-refractivity contribution in [2.45, 2.75) is 6.42 Å². The maximum atomic E-state index is 13.6. The number of para-hydroxylation sites is 2. The zero-order valence-corrected chi connectivity index (χ0v) is 16.3. The van der Waals surface area contributed by atoms with Crippen molar-refractivity contribution in [1.29, 1.82) is 0 Å². The van der Waals surface area contributed by atoms with Gasteiger partial charge in [0.2, 0.25) is 5.91 Å². The fourth-order valence-corrected chi connectivity index (χ4v) is 3.15. The number of hydrogen-bond donors (Lipinski definition) is 2. The van der Waals surface area contributed by atoms with Crippen LogP contribution in [0.25, 0.3) is 16.7 Å². The molecule has 3 aromatic carbocycles. The molecule has 2 N–H and O–H groups in total. The van der Waals surface area contributed by atoms with Crippen molar-refractivity contribution in [2.75, 3.05) is 11.9 Å². The van der Waals surface area contributed by atoms with Crippen LogP contribution in [0, 0.1) is 11.6 Å². The fourth-order valence-electron chi connectivity index (χ4n) is 3.15. The predicted octanol–water partition coefficient (Wildman–Crippen LogP) is 4.06. The molecule has 0 unspecified atom stereocenters. The van der Waals surface area contributed by atoms with E-state index in [0.29, 0.717) is 11.8 Å². The number of aromatic nitrogens is 2. The van der Waals surface area contributed by atoms with E-state index in [1.807, 2.05) is 41.0 Å². The number of halogens is 2. The average Bonchev–Trinajstić information content (AvgIpc) is 3.18. The number of anilines is 1. The number of benzene rings is 3. The average molecular weight is 420 g/mol. The van der Waals surface area contributed by atoms with Gasteiger partial charge in [-0.05, 0) is 48.5 Å². The van der Waals surface area contributed by atoms with Gasteiger partial charge in [-0.25, -0.2) is 13.8 Å². The molecule has 0 saturated heterocycles. The van der Waals surface area contributed by atoms with Crippen molar-refractivity contribution in [3.8, 4) is 5.69 Å². The lowest BCUT2D eigenvalue weighted by molar-refractivity contribution is -0.116. The first-order chi connectivity index (χ1) is 15.0. The lowest BCUT2D eigenvalue weighted by Gasteiger charge is -2.09. The number of carbonyl (C=O) groups excluding carboxylic acids is 2. The molecule has 6 nitrogen and oxygen atoms in total. The summed E-state index contributed by atoms with van der Waals surface area (Å²) < 4.78 is 28.5. The molecule has 1 aromatic heterocycles. The van der Waals surface area contributed by atoms with Gasteiger partial charge < -0.3 is 10.6 Å². The van der Waals surface area contributed by atoms with Gasteiger partial charge >= 0.3 is 0 Å². The Hall–Kier alpha value is -4.07. The van der Waals surface area contributed by atoms with Gasteiger partial charge in [0.25, 0.3) is 5.91 Å². The van der Waals surface area contributed by atoms with E-state index in [1.54, 1.807) is 18.5 Å². The number of rotatable bonds is 6. The van der Waals surface area contributed by atoms with Crippen molar-refractivity contribution in [1.82, 2.24) is 14.9 Å². The summed E-state index contributed by atoms with van der Waals surface area (Å²) in [7, 11) is 0. The minimum atomic E-state index is -0.951. The van der Waals surface area contributed by atoms with Gasteiger partial charge in [0, 0.05) is 30.4 Å². The van der Waals surface area contributed by atoms with Crippen LogP contribution in [0.1, 0.15) is 16.8 Å². The minimum absolute atomic E-state index is 0.00244. The number of amides is 2. The third-order valence-corrected chi connectivity index (χ3v) is 4.70. The van der Waals surface area contributed by atoms with Gasteiger partial charge in [-0.1, -0.05) is 12.1 Å². The molecule has 0 saturated carbocycles. The van der Waals surface area contributed by atoms with Gasteiger partial charge in [0.1, 0.15) is 18.0 Å². The molecule has 31 heavy (non-hydrogen) atoms. The Morgan fingerprint density at radius 2 is 1.74 bits per heavy atom. The number of nitrogens with one attached hydrogen (secondary N) is 2. The summed E-state index contributed by atoms with van der Waals surface area (Å²) in [6.45, 7) is 0.0145. The number of carbonyl (C=O) groups is 2. The second-order valence-corrected chi connectivity index (χ2v) is 6.83. The SMILES string of the molecule is O=C(CCNC(=O)c1ccc(F)cc1F)Nc1ccc(-n2cnc3ccccc32)cc1. The van der Waals surface area contributed by atoms with Crippen molar-refractivity contribution in [3.05, 3.63) is 90.3 Å². The lowest BCUT2D eigenvalue weighted by atomic mass is 10.2. The first-order valence-corrected chi connectivity index (χ1v) is 9.57. The molecule has 2 amide bonds. The molecule has 0 fully saturated rings. The van der Waals surface area contributed by atoms with Crippen LogP contribution in [0.15, 0.2) is 73.1 Å². The van der Waals surface area contributed by atoms with Gasteiger partial charge in [0.15, 0.2) is 0 Å². The summed E-state index contributed by atoms with van der Waals surface area (Å²) in [6.07, 6.45) is 1.74. The molecule has 1 heterocycles. The summed E-state index contributed by atoms with van der Waals surface area (Å²) >= 11 is 0. The normalized spacial score (nSPS) is 10.8. The fraction of sp³-hybridized carbons (Fsp3) is 0.0870. The Balaban J connectivity index is 1.31. The Kier molecular flexibility index (Phi) is 5.70. The zero-order chi connectivity index (χ0) is 21.8. The molecule has 156 valence electrons.